The lowest BCUT2D eigenvalue weighted by Crippen LogP contribution is -2.10. The summed E-state index contributed by atoms with van der Waals surface area (Å²) < 4.78 is 0. The van der Waals surface area contributed by atoms with Gasteiger partial charge >= 0.3 is 0 Å². The number of hydrogen-bond acceptors (Lipinski definition) is 4. The second kappa shape index (κ2) is 18.6. The maximum atomic E-state index is 8.52. The van der Waals surface area contributed by atoms with Crippen LogP contribution >= 0.6 is 0 Å². The van der Waals surface area contributed by atoms with Gasteiger partial charge in [0.05, 0.1) is 5.60 Å². The third-order valence-corrected chi connectivity index (χ3v) is 0. The van der Waals surface area contributed by atoms with Crippen molar-refractivity contribution in [3.8, 4) is 0 Å². The molecular formula is C10H28O4. The number of aliphatic hydroxyl groups is 4. The second-order valence-corrected chi connectivity index (χ2v) is 3.58. The van der Waals surface area contributed by atoms with E-state index < -0.39 is 5.60 Å². The van der Waals surface area contributed by atoms with Crippen molar-refractivity contribution in [1.29, 1.82) is 0 Å². The molecule has 0 unspecified atom stereocenters. The molecule has 4 N–H and O–H groups in total. The molecule has 4 nitrogen and oxygen atoms in total. The summed E-state index contributed by atoms with van der Waals surface area (Å²) in [6.07, 6.45) is -0.167. The molecule has 0 radical (unpaired) electrons. The first kappa shape index (κ1) is 23.6. The summed E-state index contributed by atoms with van der Waals surface area (Å²) in [5, 5.41) is 31.1. The third-order valence-electron chi connectivity index (χ3n) is 0. The van der Waals surface area contributed by atoms with Crippen LogP contribution < -0.4 is 0 Å². The lowest BCUT2D eigenvalue weighted by molar-refractivity contribution is 0.102. The minimum Gasteiger partial charge on any atom is -0.400 e. The normalized spacial score (nSPS) is 8.57. The van der Waals surface area contributed by atoms with Gasteiger partial charge in [-0.25, -0.2) is 0 Å². The smallest absolute Gasteiger partial charge is 0.0563 e. The molecule has 0 aliphatic rings. The van der Waals surface area contributed by atoms with Gasteiger partial charge in [-0.3, -0.25) is 0 Å². The summed E-state index contributed by atoms with van der Waals surface area (Å²) in [4.78, 5) is 0. The molecule has 0 saturated heterocycles. The quantitative estimate of drug-likeness (QED) is 0.478. The largest absolute Gasteiger partial charge is 0.400 e. The van der Waals surface area contributed by atoms with Gasteiger partial charge in [-0.05, 0) is 41.5 Å². The predicted molar refractivity (Wildman–Crippen MR) is 60.2 cm³/mol. The van der Waals surface area contributed by atoms with Crippen LogP contribution in [0.1, 0.15) is 41.5 Å². The Morgan fingerprint density at radius 3 is 1.07 bits per heavy atom. The molecular weight excluding hydrogens is 184 g/mol. The molecule has 0 aromatic heterocycles. The molecule has 0 aromatic carbocycles. The van der Waals surface area contributed by atoms with Gasteiger partial charge in [0.25, 0.3) is 0 Å². The van der Waals surface area contributed by atoms with Gasteiger partial charge in [0.2, 0.25) is 0 Å². The number of aliphatic hydroxyl groups excluding tert-OH is 3. The minimum atomic E-state index is -0.500. The van der Waals surface area contributed by atoms with Crippen molar-refractivity contribution in [2.75, 3.05) is 13.7 Å². The minimum absolute atomic E-state index is 0.167. The summed E-state index contributed by atoms with van der Waals surface area (Å²) in [5.74, 6) is 0. The zero-order valence-electron chi connectivity index (χ0n) is 10.6. The Morgan fingerprint density at radius 1 is 1.07 bits per heavy atom. The van der Waals surface area contributed by atoms with Crippen LogP contribution in [0, 0.1) is 0 Å². The Labute approximate surface area is 88.2 Å². The van der Waals surface area contributed by atoms with Crippen LogP contribution in [0.5, 0.6) is 0 Å². The maximum absolute atomic E-state index is 8.52. The van der Waals surface area contributed by atoms with E-state index in [1.54, 1.807) is 41.5 Å². The van der Waals surface area contributed by atoms with E-state index in [4.69, 9.17) is 20.4 Å². The predicted octanol–water partition coefficient (Wildman–Crippen LogP) is 0.771. The van der Waals surface area contributed by atoms with E-state index in [1.165, 1.54) is 0 Å². The zero-order valence-corrected chi connectivity index (χ0v) is 10.6. The average Bonchev–Trinajstić information content (AvgIpc) is 1.87. The summed E-state index contributed by atoms with van der Waals surface area (Å²) in [6.45, 7) is 10.6. The van der Waals surface area contributed by atoms with Crippen LogP contribution in [-0.2, 0) is 0 Å². The molecule has 0 atom stereocenters. The van der Waals surface area contributed by atoms with E-state index in [-0.39, 0.29) is 12.7 Å². The van der Waals surface area contributed by atoms with Gasteiger partial charge in [-0.2, -0.15) is 0 Å². The van der Waals surface area contributed by atoms with Gasteiger partial charge in [-0.1, -0.05) is 0 Å². The van der Waals surface area contributed by atoms with Crippen LogP contribution in [0.2, 0.25) is 0 Å². The standard InChI is InChI=1S/C4H10O.C3H8O.C2H6O.CH4O/c1-4(2,3)5;1-3(2)4;1-2-3;1-2/h5H,1-3H3;3-4H,1-2H3;3H,2H2,1H3;2H,1H3. The third kappa shape index (κ3) is 54300. The van der Waals surface area contributed by atoms with E-state index >= 15 is 0 Å². The zero-order chi connectivity index (χ0) is 12.8. The average molecular weight is 212 g/mol. The van der Waals surface area contributed by atoms with Gasteiger partial charge in [0, 0.05) is 19.8 Å². The van der Waals surface area contributed by atoms with Crippen molar-refractivity contribution in [2.45, 2.75) is 53.2 Å². The lowest BCUT2D eigenvalue weighted by atomic mass is 10.2. The molecule has 0 aliphatic heterocycles. The van der Waals surface area contributed by atoms with Crippen LogP contribution in [-0.4, -0.2) is 45.8 Å². The summed E-state index contributed by atoms with van der Waals surface area (Å²) in [5.41, 5.74) is -0.500. The Balaban J connectivity index is -0.0000000505. The summed E-state index contributed by atoms with van der Waals surface area (Å²) >= 11 is 0. The molecule has 4 heteroatoms. The molecule has 0 heterocycles. The highest BCUT2D eigenvalue weighted by molar-refractivity contribution is 4.50. The van der Waals surface area contributed by atoms with Gasteiger partial charge in [0.1, 0.15) is 0 Å². The van der Waals surface area contributed by atoms with Crippen LogP contribution in [0.3, 0.4) is 0 Å². The van der Waals surface area contributed by atoms with Crippen LogP contribution in [0.15, 0.2) is 0 Å². The fourth-order valence-corrected chi connectivity index (χ4v) is 0. The van der Waals surface area contributed by atoms with E-state index in [1.807, 2.05) is 0 Å². The molecule has 0 rings (SSSR count). The highest BCUT2D eigenvalue weighted by Crippen LogP contribution is 1.93. The Morgan fingerprint density at radius 2 is 1.07 bits per heavy atom. The number of rotatable bonds is 0. The first-order chi connectivity index (χ1) is 6.15. The maximum Gasteiger partial charge on any atom is 0.0563 e. The first-order valence-corrected chi connectivity index (χ1v) is 4.61. The van der Waals surface area contributed by atoms with E-state index in [0.717, 1.165) is 7.11 Å². The van der Waals surface area contributed by atoms with E-state index in [9.17, 15) is 0 Å². The SMILES string of the molecule is CC(C)(C)O.CC(C)O.CCO.CO. The Kier molecular flexibility index (Phi) is 31.3. The van der Waals surface area contributed by atoms with Crippen molar-refractivity contribution < 1.29 is 20.4 Å². The Hall–Kier alpha value is -0.160. The Bertz CT molecular complexity index is 58.3. The molecule has 0 saturated carbocycles. The molecule has 0 spiro atoms. The molecule has 0 bridgehead atoms. The fraction of sp³-hybridized carbons (Fsp3) is 1.00. The highest BCUT2D eigenvalue weighted by Gasteiger charge is 1.97. The van der Waals surface area contributed by atoms with Crippen molar-refractivity contribution in [1.82, 2.24) is 0 Å². The lowest BCUT2D eigenvalue weighted by Gasteiger charge is -2.04. The van der Waals surface area contributed by atoms with Crippen molar-refractivity contribution >= 4 is 0 Å². The van der Waals surface area contributed by atoms with Gasteiger partial charge in [0.15, 0.2) is 0 Å². The van der Waals surface area contributed by atoms with Crippen LogP contribution in [0.4, 0.5) is 0 Å². The molecule has 0 aromatic rings. The van der Waals surface area contributed by atoms with Crippen LogP contribution in [0.25, 0.3) is 0 Å². The molecule has 0 fully saturated rings. The van der Waals surface area contributed by atoms with E-state index in [0.29, 0.717) is 0 Å². The van der Waals surface area contributed by atoms with E-state index in [2.05, 4.69) is 0 Å². The molecule has 92 valence electrons. The van der Waals surface area contributed by atoms with Crippen molar-refractivity contribution in [3.63, 3.8) is 0 Å². The molecule has 0 aliphatic carbocycles. The van der Waals surface area contributed by atoms with Crippen molar-refractivity contribution in [3.05, 3.63) is 0 Å². The topological polar surface area (TPSA) is 80.9 Å². The molecule has 0 amide bonds. The summed E-state index contributed by atoms with van der Waals surface area (Å²) in [7, 11) is 1.00. The molecule has 14 heavy (non-hydrogen) atoms. The fourth-order valence-electron chi connectivity index (χ4n) is 0. The van der Waals surface area contributed by atoms with Gasteiger partial charge < -0.3 is 20.4 Å². The monoisotopic (exact) mass is 212 g/mol. The van der Waals surface area contributed by atoms with Crippen molar-refractivity contribution in [2.24, 2.45) is 0 Å². The second-order valence-electron chi connectivity index (χ2n) is 3.58. The first-order valence-electron chi connectivity index (χ1n) is 4.61. The number of hydrogen-bond donors (Lipinski definition) is 4. The highest BCUT2D eigenvalue weighted by atomic mass is 16.3. The summed E-state index contributed by atoms with van der Waals surface area (Å²) in [6, 6.07) is 0. The van der Waals surface area contributed by atoms with Gasteiger partial charge in [-0.15, -0.1) is 0 Å².